The van der Waals surface area contributed by atoms with E-state index in [9.17, 15) is 9.90 Å². The third-order valence-electron chi connectivity index (χ3n) is 2.66. The first kappa shape index (κ1) is 12.2. The number of hydrogen-bond donors (Lipinski definition) is 2. The Balaban J connectivity index is 2.16. The average Bonchev–Trinajstić information content (AvgIpc) is 2.76. The number of aryl methyl sites for hydroxylation is 2. The summed E-state index contributed by atoms with van der Waals surface area (Å²) in [4.78, 5) is 12.0. The van der Waals surface area contributed by atoms with Crippen LogP contribution in [-0.4, -0.2) is 20.8 Å². The Morgan fingerprint density at radius 2 is 2.22 bits per heavy atom. The van der Waals surface area contributed by atoms with Gasteiger partial charge in [-0.3, -0.25) is 9.48 Å². The molecule has 1 aromatic carbocycles. The lowest BCUT2D eigenvalue weighted by Gasteiger charge is -2.05. The number of amides is 1. The molecule has 18 heavy (non-hydrogen) atoms. The Labute approximate surface area is 105 Å². The third-order valence-corrected chi connectivity index (χ3v) is 2.66. The highest BCUT2D eigenvalue weighted by Crippen LogP contribution is 2.16. The van der Waals surface area contributed by atoms with Gasteiger partial charge in [0.15, 0.2) is 5.82 Å². The number of hydrogen-bond acceptors (Lipinski definition) is 3. The molecule has 0 saturated heterocycles. The maximum absolute atomic E-state index is 12.0. The molecule has 0 spiro atoms. The fourth-order valence-corrected chi connectivity index (χ4v) is 1.69. The predicted molar refractivity (Wildman–Crippen MR) is 68.7 cm³/mol. The van der Waals surface area contributed by atoms with Crippen molar-refractivity contribution in [1.82, 2.24) is 9.78 Å². The summed E-state index contributed by atoms with van der Waals surface area (Å²) in [6, 6.07) is 6.39. The van der Waals surface area contributed by atoms with Crippen LogP contribution in [0.15, 0.2) is 30.5 Å². The third kappa shape index (κ3) is 2.51. The molecule has 2 aromatic rings. The molecule has 2 rings (SSSR count). The molecule has 0 radical (unpaired) electrons. The number of phenols is 1. The van der Waals surface area contributed by atoms with Crippen molar-refractivity contribution in [2.45, 2.75) is 20.4 Å². The summed E-state index contributed by atoms with van der Waals surface area (Å²) < 4.78 is 1.74. The van der Waals surface area contributed by atoms with E-state index in [1.165, 1.54) is 6.07 Å². The van der Waals surface area contributed by atoms with Gasteiger partial charge in [-0.1, -0.05) is 0 Å². The van der Waals surface area contributed by atoms with E-state index in [1.807, 2.05) is 6.92 Å². The van der Waals surface area contributed by atoms with E-state index in [1.54, 1.807) is 36.0 Å². The number of phenolic OH excluding ortho intramolecular Hbond substituents is 1. The van der Waals surface area contributed by atoms with Gasteiger partial charge in [0.05, 0.1) is 0 Å². The Bertz CT molecular complexity index is 575. The van der Waals surface area contributed by atoms with Gasteiger partial charge in [-0.2, -0.15) is 5.10 Å². The van der Waals surface area contributed by atoms with E-state index in [4.69, 9.17) is 0 Å². The van der Waals surface area contributed by atoms with Crippen molar-refractivity contribution >= 4 is 11.7 Å². The number of aromatic hydroxyl groups is 1. The van der Waals surface area contributed by atoms with Crippen molar-refractivity contribution in [2.75, 3.05) is 5.32 Å². The second-order valence-electron chi connectivity index (χ2n) is 4.01. The molecule has 1 amide bonds. The van der Waals surface area contributed by atoms with Gasteiger partial charge < -0.3 is 10.4 Å². The average molecular weight is 245 g/mol. The van der Waals surface area contributed by atoms with E-state index >= 15 is 0 Å². The summed E-state index contributed by atoms with van der Waals surface area (Å²) in [5.41, 5.74) is 1.25. The fraction of sp³-hybridized carbons (Fsp3) is 0.231. The molecule has 0 aliphatic carbocycles. The molecule has 0 bridgehead atoms. The number of nitrogens with one attached hydrogen (secondary N) is 1. The quantitative estimate of drug-likeness (QED) is 0.870. The van der Waals surface area contributed by atoms with Crippen LogP contribution < -0.4 is 5.32 Å². The number of rotatable bonds is 3. The fourth-order valence-electron chi connectivity index (χ4n) is 1.69. The van der Waals surface area contributed by atoms with Gasteiger partial charge in [-0.05, 0) is 37.6 Å². The van der Waals surface area contributed by atoms with Crippen molar-refractivity contribution in [3.63, 3.8) is 0 Å². The Kier molecular flexibility index (Phi) is 3.32. The predicted octanol–water partition coefficient (Wildman–Crippen LogP) is 2.17. The van der Waals surface area contributed by atoms with Gasteiger partial charge in [-0.25, -0.2) is 0 Å². The number of carbonyl (C=O) groups excluding carboxylic acids is 1. The van der Waals surface area contributed by atoms with Crippen LogP contribution in [0.5, 0.6) is 5.75 Å². The van der Waals surface area contributed by atoms with E-state index in [0.717, 1.165) is 12.1 Å². The lowest BCUT2D eigenvalue weighted by Crippen LogP contribution is -2.14. The summed E-state index contributed by atoms with van der Waals surface area (Å²) in [6.45, 7) is 4.51. The maximum atomic E-state index is 12.0. The summed E-state index contributed by atoms with van der Waals surface area (Å²) in [5.74, 6) is 0.447. The number of nitrogens with zero attached hydrogens (tertiary/aromatic N) is 2. The summed E-state index contributed by atoms with van der Waals surface area (Å²) >= 11 is 0. The second kappa shape index (κ2) is 4.91. The highest BCUT2D eigenvalue weighted by molar-refractivity contribution is 6.04. The zero-order valence-corrected chi connectivity index (χ0v) is 10.3. The molecule has 0 aliphatic heterocycles. The molecule has 1 aromatic heterocycles. The van der Waals surface area contributed by atoms with Crippen LogP contribution in [0, 0.1) is 6.92 Å². The molecule has 94 valence electrons. The molecule has 0 atom stereocenters. The number of anilines is 1. The molecule has 0 saturated carbocycles. The maximum Gasteiger partial charge on any atom is 0.257 e. The standard InChI is InChI=1S/C13H15N3O2/c1-3-16-7-6-12(15-16)14-13(18)11-5-4-10(17)8-9(11)2/h4-8,17H,3H2,1-2H3,(H,14,15,18). The van der Waals surface area contributed by atoms with Crippen LogP contribution in [0.3, 0.4) is 0 Å². The van der Waals surface area contributed by atoms with Crippen molar-refractivity contribution < 1.29 is 9.90 Å². The normalized spacial score (nSPS) is 10.3. The minimum Gasteiger partial charge on any atom is -0.508 e. The molecule has 5 nitrogen and oxygen atoms in total. The van der Waals surface area contributed by atoms with Crippen LogP contribution in [0.1, 0.15) is 22.8 Å². The summed E-state index contributed by atoms with van der Waals surface area (Å²) in [7, 11) is 0. The first-order valence-corrected chi connectivity index (χ1v) is 5.74. The van der Waals surface area contributed by atoms with E-state index < -0.39 is 0 Å². The zero-order valence-electron chi connectivity index (χ0n) is 10.3. The number of carbonyl (C=O) groups is 1. The minimum atomic E-state index is -0.228. The van der Waals surface area contributed by atoms with Gasteiger partial charge in [0.25, 0.3) is 5.91 Å². The Morgan fingerprint density at radius 1 is 1.44 bits per heavy atom. The summed E-state index contributed by atoms with van der Waals surface area (Å²) in [5, 5.41) is 16.2. The number of aromatic nitrogens is 2. The van der Waals surface area contributed by atoms with Crippen molar-refractivity contribution in [2.24, 2.45) is 0 Å². The van der Waals surface area contributed by atoms with Crippen LogP contribution in [0.25, 0.3) is 0 Å². The second-order valence-corrected chi connectivity index (χ2v) is 4.01. The highest BCUT2D eigenvalue weighted by atomic mass is 16.3. The molecule has 0 unspecified atom stereocenters. The van der Waals surface area contributed by atoms with Crippen molar-refractivity contribution in [3.8, 4) is 5.75 Å². The summed E-state index contributed by atoms with van der Waals surface area (Å²) in [6.07, 6.45) is 1.80. The van der Waals surface area contributed by atoms with Crippen molar-refractivity contribution in [3.05, 3.63) is 41.6 Å². The monoisotopic (exact) mass is 245 g/mol. The van der Waals surface area contributed by atoms with Crippen LogP contribution in [0.2, 0.25) is 0 Å². The van der Waals surface area contributed by atoms with E-state index in [-0.39, 0.29) is 11.7 Å². The van der Waals surface area contributed by atoms with Crippen LogP contribution in [0.4, 0.5) is 5.82 Å². The smallest absolute Gasteiger partial charge is 0.257 e. The van der Waals surface area contributed by atoms with Crippen molar-refractivity contribution in [1.29, 1.82) is 0 Å². The first-order chi connectivity index (χ1) is 8.60. The van der Waals surface area contributed by atoms with Crippen LogP contribution >= 0.6 is 0 Å². The SMILES string of the molecule is CCn1ccc(NC(=O)c2ccc(O)cc2C)n1. The van der Waals surface area contributed by atoms with Gasteiger partial charge in [0.1, 0.15) is 5.75 Å². The molecular weight excluding hydrogens is 230 g/mol. The molecule has 0 fully saturated rings. The topological polar surface area (TPSA) is 67.2 Å². The molecular formula is C13H15N3O2. The minimum absolute atomic E-state index is 0.152. The first-order valence-electron chi connectivity index (χ1n) is 5.74. The Morgan fingerprint density at radius 3 is 2.83 bits per heavy atom. The number of benzene rings is 1. The largest absolute Gasteiger partial charge is 0.508 e. The Hall–Kier alpha value is -2.30. The van der Waals surface area contributed by atoms with Gasteiger partial charge in [0.2, 0.25) is 0 Å². The molecule has 0 aliphatic rings. The van der Waals surface area contributed by atoms with Gasteiger partial charge in [-0.15, -0.1) is 0 Å². The zero-order chi connectivity index (χ0) is 13.1. The molecule has 5 heteroatoms. The molecule has 1 heterocycles. The highest BCUT2D eigenvalue weighted by Gasteiger charge is 2.10. The van der Waals surface area contributed by atoms with Crippen LogP contribution in [-0.2, 0) is 6.54 Å². The molecule has 2 N–H and O–H groups in total. The lowest BCUT2D eigenvalue weighted by atomic mass is 10.1. The van der Waals surface area contributed by atoms with E-state index in [0.29, 0.717) is 11.4 Å². The van der Waals surface area contributed by atoms with Gasteiger partial charge in [0, 0.05) is 24.4 Å². The van der Waals surface area contributed by atoms with E-state index in [2.05, 4.69) is 10.4 Å². The van der Waals surface area contributed by atoms with Gasteiger partial charge >= 0.3 is 0 Å². The lowest BCUT2D eigenvalue weighted by molar-refractivity contribution is 0.102.